The minimum Gasteiger partial charge on any atom is -0.444 e. The number of nitrogens with zero attached hydrogens (tertiary/aromatic N) is 1. The Morgan fingerprint density at radius 3 is 2.22 bits per heavy atom. The van der Waals surface area contributed by atoms with Crippen molar-refractivity contribution in [1.29, 1.82) is 0 Å². The molecule has 0 N–H and O–H groups in total. The van der Waals surface area contributed by atoms with Gasteiger partial charge < -0.3 is 18.8 Å². The molecule has 1 heterocycles. The van der Waals surface area contributed by atoms with Crippen molar-refractivity contribution in [3.8, 4) is 0 Å². The largest absolute Gasteiger partial charge is 0.444 e. The molecule has 37 heavy (non-hydrogen) atoms. The van der Waals surface area contributed by atoms with Gasteiger partial charge in [0.25, 0.3) is 10.1 Å². The van der Waals surface area contributed by atoms with Crippen LogP contribution in [0, 0.1) is 6.92 Å². The third kappa shape index (κ3) is 7.35. The van der Waals surface area contributed by atoms with E-state index in [-0.39, 0.29) is 17.6 Å². The lowest BCUT2D eigenvalue weighted by molar-refractivity contribution is -0.228. The molecule has 0 unspecified atom stereocenters. The van der Waals surface area contributed by atoms with Crippen molar-refractivity contribution in [3.63, 3.8) is 0 Å². The number of aryl methyl sites for hydroxylation is 1. The van der Waals surface area contributed by atoms with Crippen LogP contribution in [0.1, 0.15) is 66.4 Å². The molecule has 0 aromatic heterocycles. The minimum absolute atomic E-state index is 0.0314. The van der Waals surface area contributed by atoms with Gasteiger partial charge in [0.2, 0.25) is 0 Å². The molecule has 10 heteroatoms. The van der Waals surface area contributed by atoms with E-state index < -0.39 is 35.2 Å². The Bertz CT molecular complexity index is 1020. The highest BCUT2D eigenvalue weighted by molar-refractivity contribution is 7.86. The maximum Gasteiger partial charge on any atom is 0.410 e. The number of hydrogen-bond acceptors (Lipinski definition) is 7. The third-order valence-electron chi connectivity index (χ3n) is 7.66. The fourth-order valence-corrected chi connectivity index (χ4v) is 9.51. The SMILES string of the molecule is CC[Si](CC)(CC)OC1(CCOS(=O)(=O)c2ccc(C)cc2)CC2(CN(C(=O)OC(C)(C)C)CCO2)C1. The van der Waals surface area contributed by atoms with Gasteiger partial charge in [0, 0.05) is 25.8 Å². The minimum atomic E-state index is -3.86. The van der Waals surface area contributed by atoms with E-state index in [4.69, 9.17) is 18.1 Å². The lowest BCUT2D eigenvalue weighted by atomic mass is 9.65. The Kier molecular flexibility index (Phi) is 9.22. The van der Waals surface area contributed by atoms with Crippen molar-refractivity contribution < 1.29 is 31.3 Å². The van der Waals surface area contributed by atoms with Gasteiger partial charge in [-0.3, -0.25) is 4.18 Å². The van der Waals surface area contributed by atoms with E-state index in [1.165, 1.54) is 0 Å². The van der Waals surface area contributed by atoms with Crippen LogP contribution in [0.2, 0.25) is 18.1 Å². The van der Waals surface area contributed by atoms with Crippen LogP contribution < -0.4 is 0 Å². The van der Waals surface area contributed by atoms with E-state index in [9.17, 15) is 13.2 Å². The number of carbonyl (C=O) groups is 1. The summed E-state index contributed by atoms with van der Waals surface area (Å²) in [4.78, 5) is 14.6. The number of hydrogen-bond donors (Lipinski definition) is 0. The van der Waals surface area contributed by atoms with Gasteiger partial charge >= 0.3 is 6.09 Å². The molecule has 2 aliphatic rings. The molecule has 8 nitrogen and oxygen atoms in total. The Labute approximate surface area is 224 Å². The fourth-order valence-electron chi connectivity index (χ4n) is 5.50. The highest BCUT2D eigenvalue weighted by Crippen LogP contribution is 2.52. The first-order chi connectivity index (χ1) is 17.2. The summed E-state index contributed by atoms with van der Waals surface area (Å²) in [6.45, 7) is 15.4. The topological polar surface area (TPSA) is 91.4 Å². The van der Waals surface area contributed by atoms with E-state index in [1.54, 1.807) is 29.2 Å². The quantitative estimate of drug-likeness (QED) is 0.272. The molecule has 1 saturated carbocycles. The summed E-state index contributed by atoms with van der Waals surface area (Å²) in [5.41, 5.74) is -0.628. The zero-order chi connectivity index (χ0) is 27.5. The summed E-state index contributed by atoms with van der Waals surface area (Å²) in [7, 11) is -5.86. The van der Waals surface area contributed by atoms with Gasteiger partial charge in [0.15, 0.2) is 8.32 Å². The highest BCUT2D eigenvalue weighted by Gasteiger charge is 2.60. The van der Waals surface area contributed by atoms with Gasteiger partial charge in [-0.15, -0.1) is 0 Å². The van der Waals surface area contributed by atoms with Gasteiger partial charge in [0.1, 0.15) is 5.60 Å². The van der Waals surface area contributed by atoms with Crippen molar-refractivity contribution in [1.82, 2.24) is 4.90 Å². The predicted molar refractivity (Wildman–Crippen MR) is 146 cm³/mol. The van der Waals surface area contributed by atoms with Gasteiger partial charge in [-0.2, -0.15) is 8.42 Å². The van der Waals surface area contributed by atoms with Crippen molar-refractivity contribution in [2.24, 2.45) is 0 Å². The standard InChI is InChI=1S/C27H45NO7SSi/c1-8-37(9-2,10-3)35-26(15-17-33-36(30,31)23-13-11-22(4)12-14-23)19-27(20-26)21-28(16-18-32-27)24(29)34-25(5,6)7/h11-14H,8-10,15-21H2,1-7H3. The average Bonchev–Trinajstić information content (AvgIpc) is 2.81. The molecular formula is C27H45NO7SSi. The first-order valence-corrected chi connectivity index (χ1v) is 17.4. The van der Waals surface area contributed by atoms with Gasteiger partial charge in [-0.1, -0.05) is 38.5 Å². The van der Waals surface area contributed by atoms with E-state index in [0.717, 1.165) is 23.7 Å². The van der Waals surface area contributed by atoms with Crippen molar-refractivity contribution in [2.45, 2.75) is 108 Å². The molecule has 0 radical (unpaired) electrons. The molecule has 3 rings (SSSR count). The van der Waals surface area contributed by atoms with Crippen LogP contribution in [0.25, 0.3) is 0 Å². The fraction of sp³-hybridized carbons (Fsp3) is 0.741. The van der Waals surface area contributed by atoms with Crippen molar-refractivity contribution in [2.75, 3.05) is 26.3 Å². The van der Waals surface area contributed by atoms with Crippen LogP contribution in [0.3, 0.4) is 0 Å². The van der Waals surface area contributed by atoms with Gasteiger partial charge in [-0.05, 0) is 58.0 Å². The van der Waals surface area contributed by atoms with Crippen LogP contribution in [-0.2, 0) is 28.2 Å². The maximum atomic E-state index is 12.8. The number of carbonyl (C=O) groups excluding carboxylic acids is 1. The Morgan fingerprint density at radius 1 is 1.08 bits per heavy atom. The summed E-state index contributed by atoms with van der Waals surface area (Å²) in [5.74, 6) is 0. The Balaban J connectivity index is 1.73. The average molecular weight is 556 g/mol. The van der Waals surface area contributed by atoms with Crippen LogP contribution in [0.4, 0.5) is 4.79 Å². The molecule has 1 aliphatic heterocycles. The summed E-state index contributed by atoms with van der Waals surface area (Å²) in [5, 5.41) is 0. The lowest BCUT2D eigenvalue weighted by Gasteiger charge is -2.60. The molecule has 1 aliphatic carbocycles. The van der Waals surface area contributed by atoms with Crippen LogP contribution in [-0.4, -0.2) is 70.8 Å². The summed E-state index contributed by atoms with van der Waals surface area (Å²) >= 11 is 0. The second-order valence-corrected chi connectivity index (χ2v) is 18.0. The van der Waals surface area contributed by atoms with Crippen LogP contribution in [0.15, 0.2) is 29.2 Å². The molecule has 1 spiro atoms. The highest BCUT2D eigenvalue weighted by atomic mass is 32.2. The molecule has 2 fully saturated rings. The number of amides is 1. The molecular weight excluding hydrogens is 510 g/mol. The van der Waals surface area contributed by atoms with Crippen LogP contribution in [0.5, 0.6) is 0 Å². The molecule has 1 aromatic carbocycles. The second kappa shape index (κ2) is 11.3. The first kappa shape index (κ1) is 30.1. The first-order valence-electron chi connectivity index (χ1n) is 13.5. The third-order valence-corrected chi connectivity index (χ3v) is 13.7. The van der Waals surface area contributed by atoms with Crippen molar-refractivity contribution in [3.05, 3.63) is 29.8 Å². The smallest absolute Gasteiger partial charge is 0.410 e. The van der Waals surface area contributed by atoms with Gasteiger partial charge in [0.05, 0.1) is 35.9 Å². The van der Waals surface area contributed by atoms with Crippen molar-refractivity contribution >= 4 is 24.5 Å². The zero-order valence-corrected chi connectivity index (χ0v) is 25.4. The summed E-state index contributed by atoms with van der Waals surface area (Å²) in [6.07, 6.45) is 1.31. The molecule has 1 amide bonds. The summed E-state index contributed by atoms with van der Waals surface area (Å²) < 4.78 is 49.9. The molecule has 0 atom stereocenters. The number of ether oxygens (including phenoxy) is 2. The molecule has 1 aromatic rings. The van der Waals surface area contributed by atoms with E-state index in [0.29, 0.717) is 39.0 Å². The monoisotopic (exact) mass is 555 g/mol. The zero-order valence-electron chi connectivity index (χ0n) is 23.6. The Hall–Kier alpha value is -1.46. The predicted octanol–water partition coefficient (Wildman–Crippen LogP) is 5.65. The van der Waals surface area contributed by atoms with E-state index in [2.05, 4.69) is 20.8 Å². The van der Waals surface area contributed by atoms with E-state index >= 15 is 0 Å². The Morgan fingerprint density at radius 2 is 1.68 bits per heavy atom. The van der Waals surface area contributed by atoms with Gasteiger partial charge in [-0.25, -0.2) is 4.79 Å². The number of rotatable bonds is 10. The number of benzene rings is 1. The second-order valence-electron chi connectivity index (χ2n) is 11.7. The normalized spacial score (nSPS) is 24.7. The van der Waals surface area contributed by atoms with E-state index in [1.807, 2.05) is 27.7 Å². The summed E-state index contributed by atoms with van der Waals surface area (Å²) in [6, 6.07) is 9.62. The van der Waals surface area contributed by atoms with Crippen LogP contribution >= 0.6 is 0 Å². The number of morpholine rings is 1. The lowest BCUT2D eigenvalue weighted by Crippen LogP contribution is -2.69. The molecule has 1 saturated heterocycles. The molecule has 210 valence electrons. The maximum absolute atomic E-state index is 12.8. The molecule has 0 bridgehead atoms.